The van der Waals surface area contributed by atoms with E-state index in [4.69, 9.17) is 4.74 Å². The third-order valence-electron chi connectivity index (χ3n) is 2.88. The maximum Gasteiger partial charge on any atom is 0.0598 e. The van der Waals surface area contributed by atoms with E-state index in [0.717, 1.165) is 6.61 Å². The molecule has 0 radical (unpaired) electrons. The van der Waals surface area contributed by atoms with Crippen LogP contribution in [0.3, 0.4) is 0 Å². The summed E-state index contributed by atoms with van der Waals surface area (Å²) in [6.45, 7) is 11.2. The second-order valence-electron chi connectivity index (χ2n) is 5.70. The van der Waals surface area contributed by atoms with E-state index in [1.165, 1.54) is 43.3 Å². The standard InChI is InChI=1S/C16H26O/c1-14-10-9-12-15(14)11-7-5-6-8-13-17-16(2,3)4/h9-10,12H,1,5-8,11,13H2,2-4H3. The van der Waals surface area contributed by atoms with Gasteiger partial charge in [0, 0.05) is 6.61 Å². The van der Waals surface area contributed by atoms with Gasteiger partial charge in [0.2, 0.25) is 0 Å². The van der Waals surface area contributed by atoms with Gasteiger partial charge in [-0.15, -0.1) is 0 Å². The second kappa shape index (κ2) is 6.80. The van der Waals surface area contributed by atoms with Gasteiger partial charge in [-0.2, -0.15) is 0 Å². The Balaban J connectivity index is 1.93. The first-order valence-electron chi connectivity index (χ1n) is 6.69. The van der Waals surface area contributed by atoms with Crippen LogP contribution in [0.25, 0.3) is 0 Å². The molecular weight excluding hydrogens is 208 g/mol. The molecule has 96 valence electrons. The zero-order valence-electron chi connectivity index (χ0n) is 11.6. The summed E-state index contributed by atoms with van der Waals surface area (Å²) in [4.78, 5) is 0. The van der Waals surface area contributed by atoms with Crippen LogP contribution in [-0.2, 0) is 4.74 Å². The van der Waals surface area contributed by atoms with E-state index >= 15 is 0 Å². The molecule has 0 heterocycles. The van der Waals surface area contributed by atoms with Gasteiger partial charge in [0.25, 0.3) is 0 Å². The molecule has 0 unspecified atom stereocenters. The Labute approximate surface area is 106 Å². The predicted molar refractivity (Wildman–Crippen MR) is 75.2 cm³/mol. The van der Waals surface area contributed by atoms with Crippen molar-refractivity contribution in [3.63, 3.8) is 0 Å². The van der Waals surface area contributed by atoms with E-state index in [1.807, 2.05) is 0 Å². The van der Waals surface area contributed by atoms with E-state index in [1.54, 1.807) is 0 Å². The first kappa shape index (κ1) is 14.2. The normalized spacial score (nSPS) is 15.5. The first-order valence-corrected chi connectivity index (χ1v) is 6.69. The smallest absolute Gasteiger partial charge is 0.0598 e. The predicted octanol–water partition coefficient (Wildman–Crippen LogP) is 4.80. The monoisotopic (exact) mass is 234 g/mol. The van der Waals surface area contributed by atoms with Crippen LogP contribution >= 0.6 is 0 Å². The summed E-state index contributed by atoms with van der Waals surface area (Å²) in [7, 11) is 0. The van der Waals surface area contributed by atoms with Crippen LogP contribution in [0.4, 0.5) is 0 Å². The molecule has 0 aromatic heterocycles. The molecule has 0 saturated heterocycles. The van der Waals surface area contributed by atoms with Crippen molar-refractivity contribution >= 4 is 0 Å². The van der Waals surface area contributed by atoms with Crippen molar-refractivity contribution in [2.24, 2.45) is 0 Å². The summed E-state index contributed by atoms with van der Waals surface area (Å²) in [5.74, 6) is 0. The van der Waals surface area contributed by atoms with Gasteiger partial charge in [-0.05, 0) is 51.2 Å². The average molecular weight is 234 g/mol. The number of rotatable bonds is 7. The lowest BCUT2D eigenvalue weighted by Gasteiger charge is -2.19. The van der Waals surface area contributed by atoms with E-state index in [9.17, 15) is 0 Å². The van der Waals surface area contributed by atoms with Gasteiger partial charge < -0.3 is 4.74 Å². The van der Waals surface area contributed by atoms with Gasteiger partial charge in [0.05, 0.1) is 5.60 Å². The number of hydrogen-bond acceptors (Lipinski definition) is 1. The van der Waals surface area contributed by atoms with Crippen LogP contribution in [0.5, 0.6) is 0 Å². The summed E-state index contributed by atoms with van der Waals surface area (Å²) in [6, 6.07) is 0. The highest BCUT2D eigenvalue weighted by molar-refractivity contribution is 5.46. The highest BCUT2D eigenvalue weighted by Gasteiger charge is 2.08. The summed E-state index contributed by atoms with van der Waals surface area (Å²) in [5.41, 5.74) is 2.62. The summed E-state index contributed by atoms with van der Waals surface area (Å²) in [6.07, 6.45) is 12.5. The van der Waals surface area contributed by atoms with E-state index in [2.05, 4.69) is 45.6 Å². The molecule has 1 aliphatic carbocycles. The summed E-state index contributed by atoms with van der Waals surface area (Å²) < 4.78 is 5.69. The molecule has 17 heavy (non-hydrogen) atoms. The third-order valence-corrected chi connectivity index (χ3v) is 2.88. The zero-order valence-corrected chi connectivity index (χ0v) is 11.6. The van der Waals surface area contributed by atoms with Crippen LogP contribution in [-0.4, -0.2) is 12.2 Å². The highest BCUT2D eigenvalue weighted by atomic mass is 16.5. The first-order chi connectivity index (χ1) is 7.99. The minimum Gasteiger partial charge on any atom is -0.376 e. The van der Waals surface area contributed by atoms with Gasteiger partial charge in [-0.3, -0.25) is 0 Å². The van der Waals surface area contributed by atoms with Crippen molar-refractivity contribution in [3.05, 3.63) is 36.0 Å². The van der Waals surface area contributed by atoms with Crippen LogP contribution < -0.4 is 0 Å². The number of allylic oxidation sites excluding steroid dienone is 5. The molecule has 1 aliphatic rings. The van der Waals surface area contributed by atoms with Crippen molar-refractivity contribution in [1.29, 1.82) is 0 Å². The van der Waals surface area contributed by atoms with Crippen LogP contribution in [0, 0.1) is 0 Å². The maximum absolute atomic E-state index is 5.69. The molecule has 0 fully saturated rings. The Morgan fingerprint density at radius 2 is 1.82 bits per heavy atom. The Morgan fingerprint density at radius 1 is 1.12 bits per heavy atom. The lowest BCUT2D eigenvalue weighted by molar-refractivity contribution is -0.00473. The van der Waals surface area contributed by atoms with Gasteiger partial charge in [0.1, 0.15) is 0 Å². The van der Waals surface area contributed by atoms with E-state index in [0.29, 0.717) is 0 Å². The fourth-order valence-electron chi connectivity index (χ4n) is 1.89. The molecule has 1 nitrogen and oxygen atoms in total. The largest absolute Gasteiger partial charge is 0.376 e. The minimum absolute atomic E-state index is 0.0120. The number of ether oxygens (including phenoxy) is 1. The lowest BCUT2D eigenvalue weighted by atomic mass is 10.0. The quantitative estimate of drug-likeness (QED) is 0.575. The van der Waals surface area contributed by atoms with E-state index in [-0.39, 0.29) is 5.60 Å². The highest BCUT2D eigenvalue weighted by Crippen LogP contribution is 2.22. The van der Waals surface area contributed by atoms with Crippen LogP contribution in [0.1, 0.15) is 52.9 Å². The number of hydrogen-bond donors (Lipinski definition) is 0. The topological polar surface area (TPSA) is 9.23 Å². The van der Waals surface area contributed by atoms with E-state index < -0.39 is 0 Å². The lowest BCUT2D eigenvalue weighted by Crippen LogP contribution is -2.19. The molecule has 0 bridgehead atoms. The zero-order chi connectivity index (χ0) is 12.7. The van der Waals surface area contributed by atoms with Crippen LogP contribution in [0.15, 0.2) is 36.0 Å². The van der Waals surface area contributed by atoms with Crippen molar-refractivity contribution in [3.8, 4) is 0 Å². The van der Waals surface area contributed by atoms with Gasteiger partial charge in [-0.25, -0.2) is 0 Å². The Kier molecular flexibility index (Phi) is 5.70. The molecule has 0 amide bonds. The minimum atomic E-state index is 0.0120. The van der Waals surface area contributed by atoms with Crippen LogP contribution in [0.2, 0.25) is 0 Å². The fraction of sp³-hybridized carbons (Fsp3) is 0.625. The maximum atomic E-state index is 5.69. The van der Waals surface area contributed by atoms with Crippen molar-refractivity contribution in [1.82, 2.24) is 0 Å². The Hall–Kier alpha value is -0.820. The fourth-order valence-corrected chi connectivity index (χ4v) is 1.89. The molecule has 0 atom stereocenters. The molecule has 0 N–H and O–H groups in total. The Bertz CT molecular complexity index is 302. The molecule has 0 spiro atoms. The molecule has 0 aliphatic heterocycles. The third kappa shape index (κ3) is 6.48. The van der Waals surface area contributed by atoms with Crippen molar-refractivity contribution in [2.75, 3.05) is 6.61 Å². The second-order valence-corrected chi connectivity index (χ2v) is 5.70. The SMILES string of the molecule is C=C1C=CC=C1CCCCCCOC(C)(C)C. The van der Waals surface area contributed by atoms with Crippen molar-refractivity contribution in [2.45, 2.75) is 58.5 Å². The van der Waals surface area contributed by atoms with Gasteiger partial charge in [0.15, 0.2) is 0 Å². The number of unbranched alkanes of at least 4 members (excludes halogenated alkanes) is 3. The van der Waals surface area contributed by atoms with Crippen molar-refractivity contribution < 1.29 is 4.74 Å². The molecule has 0 aromatic carbocycles. The molecule has 1 heteroatoms. The van der Waals surface area contributed by atoms with Gasteiger partial charge >= 0.3 is 0 Å². The molecular formula is C16H26O. The molecule has 0 aromatic rings. The summed E-state index contributed by atoms with van der Waals surface area (Å²) >= 11 is 0. The average Bonchev–Trinajstić information content (AvgIpc) is 2.61. The molecule has 0 saturated carbocycles. The van der Waals surface area contributed by atoms with Gasteiger partial charge in [-0.1, -0.05) is 37.6 Å². The molecule has 1 rings (SSSR count). The summed E-state index contributed by atoms with van der Waals surface area (Å²) in [5, 5.41) is 0. The Morgan fingerprint density at radius 3 is 2.41 bits per heavy atom.